The number of hydrogen-bond acceptors (Lipinski definition) is 3. The topological polar surface area (TPSA) is 45.2 Å². The van der Waals surface area contributed by atoms with E-state index in [1.54, 1.807) is 26.2 Å². The Morgan fingerprint density at radius 1 is 1.25 bits per heavy atom. The first-order valence-corrected chi connectivity index (χ1v) is 6.28. The SMILES string of the molecule is CNc1ccc(Cl)c(C(=O)N(C)c2ccc(F)cc2)n1. The molecule has 20 heavy (non-hydrogen) atoms. The number of amides is 1. The lowest BCUT2D eigenvalue weighted by atomic mass is 10.2. The molecule has 2 aromatic rings. The van der Waals surface area contributed by atoms with Gasteiger partial charge >= 0.3 is 0 Å². The predicted molar refractivity (Wildman–Crippen MR) is 77.9 cm³/mol. The molecule has 0 unspecified atom stereocenters. The smallest absolute Gasteiger partial charge is 0.278 e. The lowest BCUT2D eigenvalue weighted by Crippen LogP contribution is -2.27. The van der Waals surface area contributed by atoms with E-state index in [-0.39, 0.29) is 22.4 Å². The molecule has 0 saturated carbocycles. The van der Waals surface area contributed by atoms with Gasteiger partial charge in [0.05, 0.1) is 5.02 Å². The van der Waals surface area contributed by atoms with Gasteiger partial charge in [-0.3, -0.25) is 4.79 Å². The minimum absolute atomic E-state index is 0.144. The number of aromatic nitrogens is 1. The fourth-order valence-corrected chi connectivity index (χ4v) is 1.86. The first-order valence-electron chi connectivity index (χ1n) is 5.91. The summed E-state index contributed by atoms with van der Waals surface area (Å²) in [7, 11) is 3.29. The maximum Gasteiger partial charge on any atom is 0.278 e. The zero-order valence-electron chi connectivity index (χ0n) is 11.0. The van der Waals surface area contributed by atoms with E-state index in [2.05, 4.69) is 10.3 Å². The van der Waals surface area contributed by atoms with Gasteiger partial charge in [0.15, 0.2) is 0 Å². The third-order valence-corrected chi connectivity index (χ3v) is 3.13. The molecule has 0 fully saturated rings. The van der Waals surface area contributed by atoms with E-state index < -0.39 is 0 Å². The van der Waals surface area contributed by atoms with Crippen LogP contribution in [0.1, 0.15) is 10.5 Å². The zero-order valence-corrected chi connectivity index (χ0v) is 11.8. The van der Waals surface area contributed by atoms with E-state index in [9.17, 15) is 9.18 Å². The maximum atomic E-state index is 12.9. The largest absolute Gasteiger partial charge is 0.373 e. The molecule has 0 aliphatic carbocycles. The number of halogens is 2. The van der Waals surface area contributed by atoms with Gasteiger partial charge in [-0.05, 0) is 36.4 Å². The standard InChI is InChI=1S/C14H13ClFN3O/c1-17-12-8-7-11(15)13(18-12)14(20)19(2)10-5-3-9(16)4-6-10/h3-8H,1-2H3,(H,17,18). The van der Waals surface area contributed by atoms with Gasteiger partial charge in [-0.15, -0.1) is 0 Å². The lowest BCUT2D eigenvalue weighted by Gasteiger charge is -2.17. The fraction of sp³-hybridized carbons (Fsp3) is 0.143. The number of carbonyl (C=O) groups excluding carboxylic acids is 1. The number of nitrogens with zero attached hydrogens (tertiary/aromatic N) is 2. The second-order valence-corrected chi connectivity index (χ2v) is 4.52. The summed E-state index contributed by atoms with van der Waals surface area (Å²) < 4.78 is 12.9. The Morgan fingerprint density at radius 2 is 1.90 bits per heavy atom. The first kappa shape index (κ1) is 14.3. The highest BCUT2D eigenvalue weighted by atomic mass is 35.5. The number of rotatable bonds is 3. The summed E-state index contributed by atoms with van der Waals surface area (Å²) in [5.74, 6) is -0.174. The van der Waals surface area contributed by atoms with Crippen molar-refractivity contribution in [3.8, 4) is 0 Å². The van der Waals surface area contributed by atoms with E-state index in [1.807, 2.05) is 0 Å². The number of pyridine rings is 1. The third kappa shape index (κ3) is 2.88. The molecule has 2 rings (SSSR count). The van der Waals surface area contributed by atoms with E-state index in [1.165, 1.54) is 29.2 Å². The van der Waals surface area contributed by atoms with Crippen LogP contribution in [0.3, 0.4) is 0 Å². The first-order chi connectivity index (χ1) is 9.52. The Bertz CT molecular complexity index is 631. The highest BCUT2D eigenvalue weighted by molar-refractivity contribution is 6.34. The van der Waals surface area contributed by atoms with Crippen LogP contribution in [0.15, 0.2) is 36.4 Å². The van der Waals surface area contributed by atoms with Crippen molar-refractivity contribution in [3.63, 3.8) is 0 Å². The van der Waals surface area contributed by atoms with Crippen molar-refractivity contribution < 1.29 is 9.18 Å². The molecule has 1 aromatic heterocycles. The fourth-order valence-electron chi connectivity index (χ4n) is 1.67. The van der Waals surface area contributed by atoms with Crippen molar-refractivity contribution in [1.29, 1.82) is 0 Å². The molecule has 104 valence electrons. The second-order valence-electron chi connectivity index (χ2n) is 4.12. The molecule has 1 aromatic carbocycles. The van der Waals surface area contributed by atoms with E-state index >= 15 is 0 Å². The van der Waals surface area contributed by atoms with Gasteiger partial charge in [-0.2, -0.15) is 0 Å². The Kier molecular flexibility index (Phi) is 4.20. The van der Waals surface area contributed by atoms with E-state index in [0.717, 1.165) is 0 Å². The molecule has 6 heteroatoms. The summed E-state index contributed by atoms with van der Waals surface area (Å²) in [4.78, 5) is 17.9. The van der Waals surface area contributed by atoms with Gasteiger partial charge in [0.2, 0.25) is 0 Å². The Hall–Kier alpha value is -2.14. The second kappa shape index (κ2) is 5.88. The van der Waals surface area contributed by atoms with Gasteiger partial charge in [0, 0.05) is 19.8 Å². The monoisotopic (exact) mass is 293 g/mol. The molecule has 0 spiro atoms. The zero-order chi connectivity index (χ0) is 14.7. The normalized spacial score (nSPS) is 10.2. The van der Waals surface area contributed by atoms with Crippen molar-refractivity contribution in [2.24, 2.45) is 0 Å². The van der Waals surface area contributed by atoms with Crippen LogP contribution < -0.4 is 10.2 Å². The van der Waals surface area contributed by atoms with Crippen LogP contribution in [0.25, 0.3) is 0 Å². The highest BCUT2D eigenvalue weighted by Gasteiger charge is 2.18. The van der Waals surface area contributed by atoms with Crippen LogP contribution in [-0.4, -0.2) is 25.0 Å². The lowest BCUT2D eigenvalue weighted by molar-refractivity contribution is 0.0988. The average Bonchev–Trinajstić information content (AvgIpc) is 2.47. The quantitative estimate of drug-likeness (QED) is 0.945. The van der Waals surface area contributed by atoms with Gasteiger partial charge < -0.3 is 10.2 Å². The molecule has 0 bridgehead atoms. The summed E-state index contributed by atoms with van der Waals surface area (Å²) in [6, 6.07) is 8.89. The van der Waals surface area contributed by atoms with Crippen LogP contribution in [0.5, 0.6) is 0 Å². The van der Waals surface area contributed by atoms with E-state index in [0.29, 0.717) is 11.5 Å². The maximum absolute atomic E-state index is 12.9. The average molecular weight is 294 g/mol. The number of nitrogens with one attached hydrogen (secondary N) is 1. The summed E-state index contributed by atoms with van der Waals surface area (Å²) in [5, 5.41) is 3.11. The number of carbonyl (C=O) groups is 1. The number of hydrogen-bond donors (Lipinski definition) is 1. The van der Waals surface area contributed by atoms with Crippen LogP contribution in [0.4, 0.5) is 15.9 Å². The van der Waals surface area contributed by atoms with Gasteiger partial charge in [0.1, 0.15) is 17.3 Å². The molecule has 0 radical (unpaired) electrons. The van der Waals surface area contributed by atoms with E-state index in [4.69, 9.17) is 11.6 Å². The molecule has 0 saturated heterocycles. The van der Waals surface area contributed by atoms with Crippen molar-refractivity contribution in [2.75, 3.05) is 24.3 Å². The van der Waals surface area contributed by atoms with Crippen LogP contribution in [0.2, 0.25) is 5.02 Å². The molecular weight excluding hydrogens is 281 g/mol. The molecule has 1 heterocycles. The minimum Gasteiger partial charge on any atom is -0.373 e. The van der Waals surface area contributed by atoms with Crippen molar-refractivity contribution in [1.82, 2.24) is 4.98 Å². The highest BCUT2D eigenvalue weighted by Crippen LogP contribution is 2.21. The van der Waals surface area contributed by atoms with Gasteiger partial charge in [-0.25, -0.2) is 9.37 Å². The Morgan fingerprint density at radius 3 is 2.50 bits per heavy atom. The summed E-state index contributed by atoms with van der Waals surface area (Å²) in [5.41, 5.74) is 0.703. The Balaban J connectivity index is 2.33. The van der Waals surface area contributed by atoms with Crippen molar-refractivity contribution >= 4 is 29.0 Å². The summed E-state index contributed by atoms with van der Waals surface area (Å²) in [6.45, 7) is 0. The molecule has 0 atom stereocenters. The van der Waals surface area contributed by atoms with Crippen LogP contribution in [0, 0.1) is 5.82 Å². The molecule has 1 N–H and O–H groups in total. The number of benzene rings is 1. The predicted octanol–water partition coefficient (Wildman–Crippen LogP) is 3.19. The molecule has 0 aliphatic rings. The number of anilines is 2. The van der Waals surface area contributed by atoms with Crippen molar-refractivity contribution in [2.45, 2.75) is 0 Å². The molecule has 0 aliphatic heterocycles. The summed E-state index contributed by atoms with van der Waals surface area (Å²) in [6.07, 6.45) is 0. The molecule has 4 nitrogen and oxygen atoms in total. The van der Waals surface area contributed by atoms with Crippen LogP contribution in [-0.2, 0) is 0 Å². The van der Waals surface area contributed by atoms with Crippen molar-refractivity contribution in [3.05, 3.63) is 52.9 Å². The van der Waals surface area contributed by atoms with Gasteiger partial charge in [-0.1, -0.05) is 11.6 Å². The van der Waals surface area contributed by atoms with Gasteiger partial charge in [0.25, 0.3) is 5.91 Å². The third-order valence-electron chi connectivity index (χ3n) is 2.82. The minimum atomic E-state index is -0.362. The molecular formula is C14H13ClFN3O. The summed E-state index contributed by atoms with van der Waals surface area (Å²) >= 11 is 6.01. The Labute approximate surface area is 121 Å². The van der Waals surface area contributed by atoms with Crippen LogP contribution >= 0.6 is 11.6 Å². The molecule has 1 amide bonds.